The highest BCUT2D eigenvalue weighted by atomic mass is 35.5. The molecule has 0 unspecified atom stereocenters. The van der Waals surface area contributed by atoms with E-state index in [1.165, 1.54) is 38.4 Å². The highest BCUT2D eigenvalue weighted by Crippen LogP contribution is 2.27. The SMILES string of the molecule is CNC(=O)COc1cc(C(=N)N)ccc1CNC(=O)c1cc(Cl)cc(N(CC(=O)NC)S(=O)(=O)Cc2ccccc2)c1. The summed E-state index contributed by atoms with van der Waals surface area (Å²) in [4.78, 5) is 37.2. The lowest BCUT2D eigenvalue weighted by molar-refractivity contribution is -0.122. The zero-order valence-electron chi connectivity index (χ0n) is 22.9. The Hall–Kier alpha value is -4.62. The molecule has 0 fully saturated rings. The fourth-order valence-corrected chi connectivity index (χ4v) is 5.51. The molecule has 6 N–H and O–H groups in total. The molecule has 0 spiro atoms. The van der Waals surface area contributed by atoms with Gasteiger partial charge in [-0.3, -0.25) is 24.1 Å². The average molecular weight is 615 g/mol. The van der Waals surface area contributed by atoms with E-state index < -0.39 is 28.4 Å². The molecule has 3 amide bonds. The third-order valence-electron chi connectivity index (χ3n) is 5.98. The number of nitrogens with two attached hydrogens (primary N) is 1. The van der Waals surface area contributed by atoms with Gasteiger partial charge in [0.2, 0.25) is 15.9 Å². The van der Waals surface area contributed by atoms with Gasteiger partial charge in [0, 0.05) is 42.4 Å². The maximum absolute atomic E-state index is 13.4. The lowest BCUT2D eigenvalue weighted by Crippen LogP contribution is -2.40. The van der Waals surface area contributed by atoms with Crippen molar-refractivity contribution in [2.75, 3.05) is 31.6 Å². The van der Waals surface area contributed by atoms with Crippen LogP contribution in [0.2, 0.25) is 5.02 Å². The number of ether oxygens (including phenoxy) is 1. The summed E-state index contributed by atoms with van der Waals surface area (Å²) >= 11 is 6.30. The number of anilines is 1. The van der Waals surface area contributed by atoms with E-state index in [2.05, 4.69) is 16.0 Å². The van der Waals surface area contributed by atoms with E-state index in [1.54, 1.807) is 42.5 Å². The van der Waals surface area contributed by atoms with Crippen molar-refractivity contribution in [3.8, 4) is 5.75 Å². The van der Waals surface area contributed by atoms with Crippen LogP contribution in [0.3, 0.4) is 0 Å². The van der Waals surface area contributed by atoms with E-state index in [-0.39, 0.29) is 52.7 Å². The van der Waals surface area contributed by atoms with Gasteiger partial charge in [0.05, 0.1) is 11.4 Å². The van der Waals surface area contributed by atoms with Crippen molar-refractivity contribution in [3.63, 3.8) is 0 Å². The van der Waals surface area contributed by atoms with Gasteiger partial charge in [-0.25, -0.2) is 8.42 Å². The molecule has 0 aliphatic heterocycles. The molecule has 12 nitrogen and oxygen atoms in total. The number of hydrogen-bond acceptors (Lipinski definition) is 7. The van der Waals surface area contributed by atoms with Crippen LogP contribution < -0.4 is 30.7 Å². The van der Waals surface area contributed by atoms with Crippen LogP contribution in [-0.2, 0) is 31.9 Å². The van der Waals surface area contributed by atoms with E-state index >= 15 is 0 Å². The van der Waals surface area contributed by atoms with Crippen molar-refractivity contribution in [2.24, 2.45) is 5.73 Å². The first-order valence-corrected chi connectivity index (χ1v) is 14.6. The van der Waals surface area contributed by atoms with Gasteiger partial charge in [-0.05, 0) is 29.8 Å². The molecule has 0 radical (unpaired) electrons. The minimum absolute atomic E-state index is 0.0348. The van der Waals surface area contributed by atoms with E-state index in [1.807, 2.05) is 0 Å². The van der Waals surface area contributed by atoms with Crippen LogP contribution >= 0.6 is 11.6 Å². The molecule has 0 aromatic heterocycles. The fourth-order valence-electron chi connectivity index (χ4n) is 3.77. The number of amides is 3. The van der Waals surface area contributed by atoms with Crippen molar-refractivity contribution in [1.82, 2.24) is 16.0 Å². The second-order valence-electron chi connectivity index (χ2n) is 9.00. The summed E-state index contributed by atoms with van der Waals surface area (Å²) < 4.78 is 33.4. The van der Waals surface area contributed by atoms with E-state index in [4.69, 9.17) is 27.5 Å². The van der Waals surface area contributed by atoms with Crippen molar-refractivity contribution >= 4 is 50.9 Å². The molecule has 3 aromatic carbocycles. The van der Waals surface area contributed by atoms with Crippen LogP contribution in [0.1, 0.15) is 27.0 Å². The van der Waals surface area contributed by atoms with Gasteiger partial charge in [-0.1, -0.05) is 54.1 Å². The molecule has 0 aliphatic rings. The van der Waals surface area contributed by atoms with Crippen LogP contribution in [0, 0.1) is 5.41 Å². The number of halogens is 1. The third-order valence-corrected chi connectivity index (χ3v) is 7.91. The summed E-state index contributed by atoms with van der Waals surface area (Å²) in [5, 5.41) is 15.3. The Morgan fingerprint density at radius 1 is 0.952 bits per heavy atom. The number of nitrogen functional groups attached to an aromatic ring is 1. The van der Waals surface area contributed by atoms with Gasteiger partial charge in [0.25, 0.3) is 11.8 Å². The summed E-state index contributed by atoms with van der Waals surface area (Å²) in [7, 11) is -1.23. The molecule has 14 heteroatoms. The average Bonchev–Trinajstić information content (AvgIpc) is 2.97. The quantitative estimate of drug-likeness (QED) is 0.143. The van der Waals surface area contributed by atoms with Crippen LogP contribution in [0.15, 0.2) is 66.7 Å². The summed E-state index contributed by atoms with van der Waals surface area (Å²) in [6, 6.07) is 17.2. The van der Waals surface area contributed by atoms with Gasteiger partial charge in [-0.15, -0.1) is 0 Å². The Balaban J connectivity index is 1.89. The van der Waals surface area contributed by atoms with Gasteiger partial charge in [0.15, 0.2) is 6.61 Å². The third kappa shape index (κ3) is 8.69. The molecule has 0 heterocycles. The lowest BCUT2D eigenvalue weighted by Gasteiger charge is -2.24. The molecule has 0 atom stereocenters. The summed E-state index contributed by atoms with van der Waals surface area (Å²) in [6.45, 7) is -0.868. The Labute approximate surface area is 248 Å². The maximum atomic E-state index is 13.4. The smallest absolute Gasteiger partial charge is 0.257 e. The Kier molecular flexibility index (Phi) is 10.9. The van der Waals surface area contributed by atoms with Crippen molar-refractivity contribution in [1.29, 1.82) is 5.41 Å². The van der Waals surface area contributed by atoms with Crippen molar-refractivity contribution in [2.45, 2.75) is 12.3 Å². The predicted octanol–water partition coefficient (Wildman–Crippen LogP) is 1.76. The first-order chi connectivity index (χ1) is 19.9. The monoisotopic (exact) mass is 614 g/mol. The number of carbonyl (C=O) groups excluding carboxylic acids is 3. The molecule has 222 valence electrons. The number of hydrogen-bond donors (Lipinski definition) is 5. The standard InChI is InChI=1S/C28H31ClN6O6S/c1-32-25(36)15-35(42(39,40)17-18-6-4-3-5-7-18)23-11-21(10-22(29)13-23)28(38)34-14-20-9-8-19(27(30)31)12-24(20)41-16-26(37)33-2/h3-13H,14-17H2,1-2H3,(H3,30,31)(H,32,36)(H,33,37)(H,34,38). The van der Waals surface area contributed by atoms with Gasteiger partial charge >= 0.3 is 0 Å². The second-order valence-corrected chi connectivity index (χ2v) is 11.3. The first kappa shape index (κ1) is 31.9. The number of nitrogens with one attached hydrogen (secondary N) is 4. The first-order valence-electron chi connectivity index (χ1n) is 12.6. The van der Waals surface area contributed by atoms with Crippen LogP contribution in [0.25, 0.3) is 0 Å². The summed E-state index contributed by atoms with van der Waals surface area (Å²) in [6.07, 6.45) is 0. The number of nitrogens with zero attached hydrogens (tertiary/aromatic N) is 1. The molecular formula is C28H31ClN6O6S. The molecule has 0 saturated heterocycles. The Morgan fingerprint density at radius 2 is 1.64 bits per heavy atom. The zero-order valence-corrected chi connectivity index (χ0v) is 24.5. The van der Waals surface area contributed by atoms with Gasteiger partial charge in [-0.2, -0.15) is 0 Å². The molecule has 0 bridgehead atoms. The predicted molar refractivity (Wildman–Crippen MR) is 160 cm³/mol. The topological polar surface area (TPSA) is 184 Å². The van der Waals surface area contributed by atoms with Crippen LogP contribution in [0.5, 0.6) is 5.75 Å². The molecule has 3 aromatic rings. The Morgan fingerprint density at radius 3 is 2.29 bits per heavy atom. The lowest BCUT2D eigenvalue weighted by atomic mass is 10.1. The molecular weight excluding hydrogens is 584 g/mol. The second kappa shape index (κ2) is 14.3. The summed E-state index contributed by atoms with van der Waals surface area (Å²) in [5.74, 6) is -1.88. The molecule has 42 heavy (non-hydrogen) atoms. The minimum Gasteiger partial charge on any atom is -0.483 e. The van der Waals surface area contributed by atoms with Crippen molar-refractivity contribution < 1.29 is 27.5 Å². The number of sulfonamides is 1. The highest BCUT2D eigenvalue weighted by molar-refractivity contribution is 7.92. The summed E-state index contributed by atoms with van der Waals surface area (Å²) in [5.41, 5.74) is 7.03. The number of benzene rings is 3. The zero-order chi connectivity index (χ0) is 30.9. The van der Waals surface area contributed by atoms with Gasteiger partial charge < -0.3 is 26.4 Å². The fraction of sp³-hybridized carbons (Fsp3) is 0.214. The maximum Gasteiger partial charge on any atom is 0.257 e. The number of rotatable bonds is 13. The van der Waals surface area contributed by atoms with E-state index in [9.17, 15) is 22.8 Å². The van der Waals surface area contributed by atoms with Crippen LogP contribution in [-0.4, -0.2) is 59.2 Å². The number of carbonyl (C=O) groups is 3. The van der Waals surface area contributed by atoms with E-state index in [0.717, 1.165) is 4.31 Å². The molecule has 0 aliphatic carbocycles. The highest BCUT2D eigenvalue weighted by Gasteiger charge is 2.26. The minimum atomic E-state index is -4.08. The van der Waals surface area contributed by atoms with Crippen LogP contribution in [0.4, 0.5) is 5.69 Å². The molecule has 0 saturated carbocycles. The van der Waals surface area contributed by atoms with Gasteiger partial charge in [0.1, 0.15) is 18.1 Å². The van der Waals surface area contributed by atoms with E-state index in [0.29, 0.717) is 16.7 Å². The van der Waals surface area contributed by atoms with Crippen molar-refractivity contribution in [3.05, 3.63) is 94.0 Å². The largest absolute Gasteiger partial charge is 0.483 e. The number of amidine groups is 1. The Bertz CT molecular complexity index is 1580. The normalized spacial score (nSPS) is 10.8. The number of likely N-dealkylation sites (N-methyl/N-ethyl adjacent to an activating group) is 2. The molecule has 3 rings (SSSR count).